The van der Waals surface area contributed by atoms with E-state index in [9.17, 15) is 12.8 Å². The van der Waals surface area contributed by atoms with E-state index in [4.69, 9.17) is 21.1 Å². The highest BCUT2D eigenvalue weighted by Crippen LogP contribution is 2.33. The summed E-state index contributed by atoms with van der Waals surface area (Å²) < 4.78 is 53.5. The zero-order chi connectivity index (χ0) is 21.9. The Labute approximate surface area is 180 Å². The van der Waals surface area contributed by atoms with E-state index in [-0.39, 0.29) is 15.7 Å². The molecule has 3 aromatic carbocycles. The number of rotatable bonds is 7. The molecule has 0 saturated heterocycles. The van der Waals surface area contributed by atoms with E-state index < -0.39 is 21.9 Å². The SMILES string of the molecule is COc1ccc(S(=O)(=O)NC(C)c2ccccc2-c2ccc(Cl)cc2F)c(OC)c1. The minimum absolute atomic E-state index is 0.0206. The van der Waals surface area contributed by atoms with Crippen molar-refractivity contribution in [2.45, 2.75) is 17.9 Å². The lowest BCUT2D eigenvalue weighted by molar-refractivity contribution is 0.385. The van der Waals surface area contributed by atoms with Crippen molar-refractivity contribution < 1.29 is 22.3 Å². The molecule has 1 unspecified atom stereocenters. The minimum Gasteiger partial charge on any atom is -0.497 e. The largest absolute Gasteiger partial charge is 0.497 e. The van der Waals surface area contributed by atoms with Crippen molar-refractivity contribution in [1.82, 2.24) is 4.72 Å². The number of halogens is 2. The van der Waals surface area contributed by atoms with Crippen LogP contribution in [0.2, 0.25) is 5.02 Å². The van der Waals surface area contributed by atoms with Gasteiger partial charge in [0.05, 0.1) is 14.2 Å². The molecule has 0 aliphatic carbocycles. The molecule has 158 valence electrons. The summed E-state index contributed by atoms with van der Waals surface area (Å²) in [5.74, 6) is 0.148. The maximum Gasteiger partial charge on any atom is 0.244 e. The van der Waals surface area contributed by atoms with Gasteiger partial charge in [0.15, 0.2) is 0 Å². The van der Waals surface area contributed by atoms with E-state index in [1.807, 2.05) is 0 Å². The van der Waals surface area contributed by atoms with Crippen LogP contribution in [-0.2, 0) is 10.0 Å². The molecule has 0 saturated carbocycles. The topological polar surface area (TPSA) is 64.6 Å². The minimum atomic E-state index is -3.94. The average molecular weight is 450 g/mol. The third kappa shape index (κ3) is 4.59. The van der Waals surface area contributed by atoms with Gasteiger partial charge in [0.1, 0.15) is 22.2 Å². The quantitative estimate of drug-likeness (QED) is 0.538. The molecule has 1 atom stereocenters. The smallest absolute Gasteiger partial charge is 0.244 e. The molecule has 0 spiro atoms. The summed E-state index contributed by atoms with van der Waals surface area (Å²) in [6, 6.07) is 15.2. The molecule has 0 aliphatic heterocycles. The van der Waals surface area contributed by atoms with Crippen molar-refractivity contribution in [1.29, 1.82) is 0 Å². The Morgan fingerprint density at radius 1 is 0.967 bits per heavy atom. The van der Waals surface area contributed by atoms with Gasteiger partial charge in [-0.05, 0) is 48.4 Å². The van der Waals surface area contributed by atoms with Gasteiger partial charge in [-0.15, -0.1) is 0 Å². The lowest BCUT2D eigenvalue weighted by Gasteiger charge is -2.20. The zero-order valence-electron chi connectivity index (χ0n) is 16.6. The van der Waals surface area contributed by atoms with Gasteiger partial charge in [-0.1, -0.05) is 35.9 Å². The number of methoxy groups -OCH3 is 2. The van der Waals surface area contributed by atoms with Crippen molar-refractivity contribution >= 4 is 21.6 Å². The summed E-state index contributed by atoms with van der Waals surface area (Å²) >= 11 is 5.86. The fourth-order valence-corrected chi connectivity index (χ4v) is 4.72. The third-order valence-corrected chi connectivity index (χ3v) is 6.46. The van der Waals surface area contributed by atoms with Crippen molar-refractivity contribution in [2.24, 2.45) is 0 Å². The zero-order valence-corrected chi connectivity index (χ0v) is 18.2. The molecule has 0 amide bonds. The second-order valence-electron chi connectivity index (χ2n) is 6.57. The third-order valence-electron chi connectivity index (χ3n) is 4.64. The molecule has 3 aromatic rings. The Hall–Kier alpha value is -2.61. The predicted molar refractivity (Wildman–Crippen MR) is 115 cm³/mol. The first-order valence-electron chi connectivity index (χ1n) is 9.05. The van der Waals surface area contributed by atoms with Crippen molar-refractivity contribution in [3.8, 4) is 22.6 Å². The number of hydrogen-bond donors (Lipinski definition) is 1. The van der Waals surface area contributed by atoms with Gasteiger partial charge in [-0.2, -0.15) is 0 Å². The van der Waals surface area contributed by atoms with Gasteiger partial charge in [0, 0.05) is 22.7 Å². The van der Waals surface area contributed by atoms with Gasteiger partial charge in [0.25, 0.3) is 0 Å². The first-order chi connectivity index (χ1) is 14.3. The highest BCUT2D eigenvalue weighted by Gasteiger charge is 2.24. The lowest BCUT2D eigenvalue weighted by atomic mass is 9.95. The molecule has 0 aliphatic rings. The summed E-state index contributed by atoms with van der Waals surface area (Å²) in [6.07, 6.45) is 0. The predicted octanol–water partition coefficient (Wildman–Crippen LogP) is 5.20. The molecule has 0 bridgehead atoms. The normalized spacial score (nSPS) is 12.4. The van der Waals surface area contributed by atoms with Gasteiger partial charge in [-0.25, -0.2) is 17.5 Å². The highest BCUT2D eigenvalue weighted by atomic mass is 35.5. The number of ether oxygens (including phenoxy) is 2. The highest BCUT2D eigenvalue weighted by molar-refractivity contribution is 7.89. The molecule has 0 radical (unpaired) electrons. The fourth-order valence-electron chi connectivity index (χ4n) is 3.18. The van der Waals surface area contributed by atoms with Crippen LogP contribution in [0.5, 0.6) is 11.5 Å². The van der Waals surface area contributed by atoms with E-state index in [1.54, 1.807) is 49.4 Å². The molecule has 0 aromatic heterocycles. The van der Waals surface area contributed by atoms with E-state index in [0.29, 0.717) is 22.4 Å². The number of hydrogen-bond acceptors (Lipinski definition) is 4. The lowest BCUT2D eigenvalue weighted by Crippen LogP contribution is -2.27. The van der Waals surface area contributed by atoms with E-state index >= 15 is 0 Å². The average Bonchev–Trinajstić information content (AvgIpc) is 2.73. The number of nitrogens with one attached hydrogen (secondary N) is 1. The van der Waals surface area contributed by atoms with Crippen LogP contribution in [0, 0.1) is 5.82 Å². The van der Waals surface area contributed by atoms with Crippen LogP contribution in [-0.4, -0.2) is 22.6 Å². The van der Waals surface area contributed by atoms with Crippen molar-refractivity contribution in [3.63, 3.8) is 0 Å². The van der Waals surface area contributed by atoms with Gasteiger partial charge in [0.2, 0.25) is 10.0 Å². The van der Waals surface area contributed by atoms with Crippen molar-refractivity contribution in [3.05, 3.63) is 77.1 Å². The van der Waals surface area contributed by atoms with E-state index in [0.717, 1.165) is 0 Å². The summed E-state index contributed by atoms with van der Waals surface area (Å²) in [7, 11) is -1.07. The molecule has 30 heavy (non-hydrogen) atoms. The molecule has 3 rings (SSSR count). The second-order valence-corrected chi connectivity index (χ2v) is 8.69. The van der Waals surface area contributed by atoms with Crippen LogP contribution in [0.15, 0.2) is 65.6 Å². The van der Waals surface area contributed by atoms with Gasteiger partial charge < -0.3 is 9.47 Å². The van der Waals surface area contributed by atoms with Crippen LogP contribution in [0.25, 0.3) is 11.1 Å². The van der Waals surface area contributed by atoms with Gasteiger partial charge in [-0.3, -0.25) is 0 Å². The molecular formula is C22H21ClFNO4S. The monoisotopic (exact) mass is 449 g/mol. The summed E-state index contributed by atoms with van der Waals surface area (Å²) in [4.78, 5) is -0.0206. The Morgan fingerprint density at radius 3 is 2.37 bits per heavy atom. The maximum absolute atomic E-state index is 14.5. The molecule has 5 nitrogen and oxygen atoms in total. The van der Waals surface area contributed by atoms with Crippen LogP contribution >= 0.6 is 11.6 Å². The van der Waals surface area contributed by atoms with Crippen LogP contribution in [0.1, 0.15) is 18.5 Å². The first kappa shape index (κ1) is 22.1. The second kappa shape index (κ2) is 9.04. The number of sulfonamides is 1. The molecule has 1 N–H and O–H groups in total. The Kier molecular flexibility index (Phi) is 6.65. The van der Waals surface area contributed by atoms with Crippen LogP contribution < -0.4 is 14.2 Å². The summed E-state index contributed by atoms with van der Waals surface area (Å²) in [5, 5.41) is 0.286. The molecule has 0 heterocycles. The van der Waals surface area contributed by atoms with E-state index in [1.165, 1.54) is 32.4 Å². The molecule has 0 fully saturated rings. The Balaban J connectivity index is 1.98. The van der Waals surface area contributed by atoms with Crippen molar-refractivity contribution in [2.75, 3.05) is 14.2 Å². The summed E-state index contributed by atoms with van der Waals surface area (Å²) in [5.41, 5.74) is 1.53. The summed E-state index contributed by atoms with van der Waals surface area (Å²) in [6.45, 7) is 1.69. The Morgan fingerprint density at radius 2 is 1.70 bits per heavy atom. The Bertz CT molecular complexity index is 1170. The van der Waals surface area contributed by atoms with Crippen LogP contribution in [0.3, 0.4) is 0 Å². The first-order valence-corrected chi connectivity index (χ1v) is 10.9. The standard InChI is InChI=1S/C22H21ClFNO4S/c1-14(25-30(26,27)22-11-9-16(28-2)13-21(22)29-3)17-6-4-5-7-18(17)19-10-8-15(23)12-20(19)24/h4-14,25H,1-3H3. The molecular weight excluding hydrogens is 429 g/mol. The van der Waals surface area contributed by atoms with Crippen LogP contribution in [0.4, 0.5) is 4.39 Å². The maximum atomic E-state index is 14.5. The molecule has 8 heteroatoms. The fraction of sp³-hybridized carbons (Fsp3) is 0.182. The van der Waals surface area contributed by atoms with Gasteiger partial charge >= 0.3 is 0 Å². The van der Waals surface area contributed by atoms with E-state index in [2.05, 4.69) is 4.72 Å². The number of benzene rings is 3.